The predicted molar refractivity (Wildman–Crippen MR) is 89.8 cm³/mol. The molecule has 0 fully saturated rings. The van der Waals surface area contributed by atoms with Crippen molar-refractivity contribution in [3.63, 3.8) is 0 Å². The van der Waals surface area contributed by atoms with Crippen molar-refractivity contribution in [1.29, 1.82) is 0 Å². The van der Waals surface area contributed by atoms with E-state index in [9.17, 15) is 9.90 Å². The van der Waals surface area contributed by atoms with Gasteiger partial charge in [0.05, 0.1) is 10.9 Å². The van der Waals surface area contributed by atoms with Crippen molar-refractivity contribution in [2.45, 2.75) is 19.8 Å². The third kappa shape index (κ3) is 2.21. The average Bonchev–Trinajstić information content (AvgIpc) is 3.01. The number of phenols is 1. The van der Waals surface area contributed by atoms with Crippen molar-refractivity contribution in [2.24, 2.45) is 0 Å². The Bertz CT molecular complexity index is 1000. The van der Waals surface area contributed by atoms with Gasteiger partial charge >= 0.3 is 0 Å². The van der Waals surface area contributed by atoms with Gasteiger partial charge in [-0.15, -0.1) is 0 Å². The lowest BCUT2D eigenvalue weighted by Crippen LogP contribution is -2.10. The van der Waals surface area contributed by atoms with Gasteiger partial charge in [0, 0.05) is 12.0 Å². The summed E-state index contributed by atoms with van der Waals surface area (Å²) in [5.74, 6) is 1.94. The largest absolute Gasteiger partial charge is 0.508 e. The van der Waals surface area contributed by atoms with Crippen LogP contribution in [0.15, 0.2) is 45.6 Å². The Labute approximate surface area is 138 Å². The molecule has 0 unspecified atom stereocenters. The lowest BCUT2D eigenvalue weighted by molar-refractivity contribution is 0.174. The fourth-order valence-corrected chi connectivity index (χ4v) is 2.93. The van der Waals surface area contributed by atoms with Crippen LogP contribution in [0, 0.1) is 0 Å². The molecule has 1 aliphatic heterocycles. The van der Waals surface area contributed by atoms with Crippen LogP contribution in [0.2, 0.25) is 0 Å². The molecule has 2 heterocycles. The summed E-state index contributed by atoms with van der Waals surface area (Å²) >= 11 is 0. The van der Waals surface area contributed by atoms with Crippen LogP contribution in [0.5, 0.6) is 17.2 Å². The lowest BCUT2D eigenvalue weighted by atomic mass is 9.96. The lowest BCUT2D eigenvalue weighted by Gasteiger charge is -2.13. The second-order valence-electron chi connectivity index (χ2n) is 6.07. The Morgan fingerprint density at radius 2 is 1.83 bits per heavy atom. The summed E-state index contributed by atoms with van der Waals surface area (Å²) < 4.78 is 16.7. The third-order valence-corrected chi connectivity index (χ3v) is 4.09. The number of hydrogen-bond donors (Lipinski definition) is 1. The fourth-order valence-electron chi connectivity index (χ4n) is 2.93. The third-order valence-electron chi connectivity index (χ3n) is 4.09. The summed E-state index contributed by atoms with van der Waals surface area (Å²) in [6.07, 6.45) is 0. The van der Waals surface area contributed by atoms with Gasteiger partial charge in [0.1, 0.15) is 17.1 Å². The molecule has 0 spiro atoms. The molecular formula is C19H16O5. The summed E-state index contributed by atoms with van der Waals surface area (Å²) in [4.78, 5) is 13.1. The summed E-state index contributed by atoms with van der Waals surface area (Å²) in [6, 6.07) is 9.95. The van der Waals surface area contributed by atoms with Gasteiger partial charge in [-0.05, 0) is 29.8 Å². The molecule has 1 aromatic heterocycles. The van der Waals surface area contributed by atoms with Crippen molar-refractivity contribution >= 4 is 11.0 Å². The first-order chi connectivity index (χ1) is 11.5. The zero-order valence-corrected chi connectivity index (χ0v) is 13.3. The maximum absolute atomic E-state index is 13.1. The summed E-state index contributed by atoms with van der Waals surface area (Å²) in [6.45, 7) is 4.11. The van der Waals surface area contributed by atoms with Crippen LogP contribution in [0.4, 0.5) is 0 Å². The topological polar surface area (TPSA) is 68.9 Å². The Morgan fingerprint density at radius 1 is 1.04 bits per heavy atom. The zero-order chi connectivity index (χ0) is 16.8. The first kappa shape index (κ1) is 14.6. The molecule has 122 valence electrons. The predicted octanol–water partition coefficient (Wildman–Crippen LogP) is 4.02. The molecular weight excluding hydrogens is 308 g/mol. The van der Waals surface area contributed by atoms with Crippen molar-refractivity contribution in [3.8, 4) is 28.4 Å². The van der Waals surface area contributed by atoms with E-state index in [1.165, 1.54) is 12.1 Å². The highest BCUT2D eigenvalue weighted by Gasteiger charge is 2.21. The summed E-state index contributed by atoms with van der Waals surface area (Å²) in [5, 5.41) is 10.1. The second kappa shape index (κ2) is 5.30. The first-order valence-electron chi connectivity index (χ1n) is 7.74. The zero-order valence-electron chi connectivity index (χ0n) is 13.3. The molecule has 4 rings (SSSR count). The molecule has 0 radical (unpaired) electrons. The van der Waals surface area contributed by atoms with Gasteiger partial charge in [-0.1, -0.05) is 19.9 Å². The number of aromatic hydroxyl groups is 1. The number of phenolic OH excluding ortho intramolecular Hbond substituents is 1. The molecule has 0 amide bonds. The molecule has 1 aliphatic rings. The van der Waals surface area contributed by atoms with E-state index in [0.29, 0.717) is 33.8 Å². The molecule has 0 bridgehead atoms. The van der Waals surface area contributed by atoms with Crippen LogP contribution < -0.4 is 14.9 Å². The number of benzene rings is 2. The number of rotatable bonds is 2. The summed E-state index contributed by atoms with van der Waals surface area (Å²) in [7, 11) is 0. The minimum absolute atomic E-state index is 0.00451. The van der Waals surface area contributed by atoms with Crippen molar-refractivity contribution in [3.05, 3.63) is 52.4 Å². The fraction of sp³-hybridized carbons (Fsp3) is 0.211. The van der Waals surface area contributed by atoms with Crippen molar-refractivity contribution in [1.82, 2.24) is 0 Å². The van der Waals surface area contributed by atoms with Crippen molar-refractivity contribution in [2.75, 3.05) is 6.79 Å². The number of hydrogen-bond acceptors (Lipinski definition) is 5. The van der Waals surface area contributed by atoms with E-state index in [4.69, 9.17) is 13.9 Å². The minimum Gasteiger partial charge on any atom is -0.508 e. The monoisotopic (exact) mass is 324 g/mol. The maximum Gasteiger partial charge on any atom is 0.231 e. The minimum atomic E-state index is -0.126. The molecule has 0 saturated heterocycles. The quantitative estimate of drug-likeness (QED) is 0.771. The maximum atomic E-state index is 13.1. The number of fused-ring (bicyclic) bond motifs is 2. The van der Waals surface area contributed by atoms with Gasteiger partial charge in [0.2, 0.25) is 12.2 Å². The number of ether oxygens (including phenoxy) is 2. The second-order valence-corrected chi connectivity index (χ2v) is 6.07. The van der Waals surface area contributed by atoms with Gasteiger partial charge < -0.3 is 19.0 Å². The standard InChI is InChI=1S/C19H16O5/c1-10(2)19-17(11-3-6-14-16(7-11)23-9-22-14)18(21)13-5-4-12(20)8-15(13)24-19/h3-8,10,20H,9H2,1-2H3. The normalized spacial score (nSPS) is 13.0. The highest BCUT2D eigenvalue weighted by molar-refractivity contribution is 5.84. The molecule has 24 heavy (non-hydrogen) atoms. The van der Waals surface area contributed by atoms with Crippen molar-refractivity contribution < 1.29 is 19.0 Å². The van der Waals surface area contributed by atoms with Gasteiger partial charge in [-0.3, -0.25) is 4.79 Å². The SMILES string of the molecule is CC(C)c1oc2cc(O)ccc2c(=O)c1-c1ccc2c(c1)OCO2. The summed E-state index contributed by atoms with van der Waals surface area (Å²) in [5.41, 5.74) is 1.50. The van der Waals surface area contributed by atoms with E-state index in [2.05, 4.69) is 0 Å². The Hall–Kier alpha value is -2.95. The molecule has 3 aromatic rings. The van der Waals surface area contributed by atoms with Crippen LogP contribution >= 0.6 is 0 Å². The van der Waals surface area contributed by atoms with Crippen LogP contribution in [-0.4, -0.2) is 11.9 Å². The van der Waals surface area contributed by atoms with Gasteiger partial charge in [-0.2, -0.15) is 0 Å². The van der Waals surface area contributed by atoms with Crippen LogP contribution in [0.3, 0.4) is 0 Å². The van der Waals surface area contributed by atoms with Crippen LogP contribution in [0.25, 0.3) is 22.1 Å². The molecule has 0 aliphatic carbocycles. The van der Waals surface area contributed by atoms with E-state index in [1.54, 1.807) is 18.2 Å². The van der Waals surface area contributed by atoms with Crippen LogP contribution in [0.1, 0.15) is 25.5 Å². The Morgan fingerprint density at radius 3 is 2.62 bits per heavy atom. The molecule has 0 saturated carbocycles. The molecule has 1 N–H and O–H groups in total. The van der Waals surface area contributed by atoms with Gasteiger partial charge in [0.25, 0.3) is 0 Å². The molecule has 2 aromatic carbocycles. The van der Waals surface area contributed by atoms with Gasteiger partial charge in [0.15, 0.2) is 11.5 Å². The van der Waals surface area contributed by atoms with Crippen LogP contribution in [-0.2, 0) is 0 Å². The highest BCUT2D eigenvalue weighted by Crippen LogP contribution is 2.38. The smallest absolute Gasteiger partial charge is 0.231 e. The van der Waals surface area contributed by atoms with E-state index in [0.717, 1.165) is 5.56 Å². The first-order valence-corrected chi connectivity index (χ1v) is 7.74. The highest BCUT2D eigenvalue weighted by atomic mass is 16.7. The molecule has 0 atom stereocenters. The van der Waals surface area contributed by atoms with E-state index in [1.807, 2.05) is 19.9 Å². The Kier molecular flexibility index (Phi) is 3.23. The molecule has 5 heteroatoms. The van der Waals surface area contributed by atoms with E-state index < -0.39 is 0 Å². The van der Waals surface area contributed by atoms with Gasteiger partial charge in [-0.25, -0.2) is 0 Å². The Balaban J connectivity index is 2.03. The van der Waals surface area contributed by atoms with E-state index in [-0.39, 0.29) is 23.9 Å². The average molecular weight is 324 g/mol. The van der Waals surface area contributed by atoms with E-state index >= 15 is 0 Å². The molecule has 5 nitrogen and oxygen atoms in total.